The Kier molecular flexibility index (Phi) is 5.70. The Hall–Kier alpha value is -2.64. The molecule has 7 heteroatoms. The molecule has 0 unspecified atom stereocenters. The van der Waals surface area contributed by atoms with Crippen molar-refractivity contribution >= 4 is 5.91 Å². The van der Waals surface area contributed by atoms with E-state index in [-0.39, 0.29) is 6.79 Å². The summed E-state index contributed by atoms with van der Waals surface area (Å²) in [5.41, 5.74) is 9.89. The molecule has 1 aromatic carbocycles. The van der Waals surface area contributed by atoms with E-state index in [2.05, 4.69) is 11.7 Å². The van der Waals surface area contributed by atoms with Crippen molar-refractivity contribution in [3.05, 3.63) is 47.7 Å². The highest BCUT2D eigenvalue weighted by Crippen LogP contribution is 2.36. The lowest BCUT2D eigenvalue weighted by Gasteiger charge is -2.17. The molecule has 2 N–H and O–H groups in total. The Labute approximate surface area is 152 Å². The average molecular weight is 357 g/mol. The van der Waals surface area contributed by atoms with E-state index in [1.54, 1.807) is 17.9 Å². The first-order valence-electron chi connectivity index (χ1n) is 8.48. The lowest BCUT2D eigenvalue weighted by Crippen LogP contribution is -2.19. The molecule has 0 aliphatic heterocycles. The second-order valence-corrected chi connectivity index (χ2v) is 5.99. The summed E-state index contributed by atoms with van der Waals surface area (Å²) >= 11 is 0. The second-order valence-electron chi connectivity index (χ2n) is 5.99. The van der Waals surface area contributed by atoms with Gasteiger partial charge < -0.3 is 19.9 Å². The van der Waals surface area contributed by atoms with Crippen LogP contribution in [0, 0.1) is 0 Å². The van der Waals surface area contributed by atoms with E-state index in [9.17, 15) is 4.79 Å². The van der Waals surface area contributed by atoms with Crippen molar-refractivity contribution in [2.24, 2.45) is 5.73 Å². The van der Waals surface area contributed by atoms with Gasteiger partial charge in [-0.2, -0.15) is 5.10 Å². The maximum absolute atomic E-state index is 11.9. The summed E-state index contributed by atoms with van der Waals surface area (Å²) in [6.07, 6.45) is 3.21. The molecule has 0 radical (unpaired) electrons. The molecule has 1 aliphatic rings. The van der Waals surface area contributed by atoms with E-state index in [0.717, 1.165) is 34.6 Å². The van der Waals surface area contributed by atoms with Crippen molar-refractivity contribution in [1.29, 1.82) is 0 Å². The SMILES string of the molecule is C=CCn1nc2c(c1C(N)=O)CCc1cc(OCOCCOC)ccc1-2. The van der Waals surface area contributed by atoms with Gasteiger partial charge in [-0.15, -0.1) is 6.58 Å². The standard InChI is InChI=1S/C19H23N3O4/c1-3-8-22-18(19(20)23)16-6-4-13-11-14(26-12-25-10-9-24-2)5-7-15(13)17(16)21-22/h3,5,7,11H,1,4,6,8-10,12H2,2H3,(H2,20,23). The van der Waals surface area contributed by atoms with E-state index in [1.165, 1.54) is 0 Å². The van der Waals surface area contributed by atoms with Gasteiger partial charge in [-0.3, -0.25) is 9.48 Å². The Morgan fingerprint density at radius 1 is 1.38 bits per heavy atom. The molecule has 0 fully saturated rings. The molecule has 0 saturated carbocycles. The predicted molar refractivity (Wildman–Crippen MR) is 97.1 cm³/mol. The van der Waals surface area contributed by atoms with Crippen LogP contribution in [0.1, 0.15) is 21.6 Å². The zero-order valence-corrected chi connectivity index (χ0v) is 14.9. The first kappa shape index (κ1) is 18.2. The monoisotopic (exact) mass is 357 g/mol. The van der Waals surface area contributed by atoms with E-state index in [1.807, 2.05) is 18.2 Å². The molecule has 0 atom stereocenters. The number of aromatic nitrogens is 2. The molecular formula is C19H23N3O4. The van der Waals surface area contributed by atoms with Gasteiger partial charge in [0, 0.05) is 18.2 Å². The van der Waals surface area contributed by atoms with Crippen LogP contribution in [-0.2, 0) is 28.9 Å². The second kappa shape index (κ2) is 8.16. The number of nitrogens with two attached hydrogens (primary N) is 1. The normalized spacial score (nSPS) is 12.3. The average Bonchev–Trinajstić information content (AvgIpc) is 3.00. The van der Waals surface area contributed by atoms with Gasteiger partial charge >= 0.3 is 0 Å². The van der Waals surface area contributed by atoms with Crippen LogP contribution in [0.15, 0.2) is 30.9 Å². The first-order chi connectivity index (χ1) is 12.7. The quantitative estimate of drug-likeness (QED) is 0.421. The molecule has 138 valence electrons. The molecule has 0 spiro atoms. The van der Waals surface area contributed by atoms with Crippen LogP contribution in [0.5, 0.6) is 5.75 Å². The smallest absolute Gasteiger partial charge is 0.267 e. The molecule has 1 aliphatic carbocycles. The third-order valence-corrected chi connectivity index (χ3v) is 4.30. The summed E-state index contributed by atoms with van der Waals surface area (Å²) in [4.78, 5) is 11.9. The minimum atomic E-state index is -0.461. The highest BCUT2D eigenvalue weighted by molar-refractivity contribution is 5.95. The summed E-state index contributed by atoms with van der Waals surface area (Å²) in [6, 6.07) is 5.84. The number of amides is 1. The molecule has 3 rings (SSSR count). The fourth-order valence-corrected chi connectivity index (χ4v) is 3.15. The molecule has 0 saturated heterocycles. The number of fused-ring (bicyclic) bond motifs is 3. The molecule has 26 heavy (non-hydrogen) atoms. The molecule has 2 aromatic rings. The van der Waals surface area contributed by atoms with Gasteiger partial charge in [-0.25, -0.2) is 0 Å². The number of benzene rings is 1. The topological polar surface area (TPSA) is 88.6 Å². The van der Waals surface area contributed by atoms with Crippen LogP contribution < -0.4 is 10.5 Å². The van der Waals surface area contributed by atoms with Crippen LogP contribution in [0.2, 0.25) is 0 Å². The number of rotatable bonds is 9. The van der Waals surface area contributed by atoms with Crippen molar-refractivity contribution < 1.29 is 19.0 Å². The van der Waals surface area contributed by atoms with Gasteiger partial charge in [0.1, 0.15) is 11.4 Å². The van der Waals surface area contributed by atoms with Crippen molar-refractivity contribution in [2.45, 2.75) is 19.4 Å². The Balaban J connectivity index is 1.82. The Bertz CT molecular complexity index is 813. The van der Waals surface area contributed by atoms with Crippen LogP contribution >= 0.6 is 0 Å². The summed E-state index contributed by atoms with van der Waals surface area (Å²) in [5, 5.41) is 4.59. The van der Waals surface area contributed by atoms with E-state index >= 15 is 0 Å². The van der Waals surface area contributed by atoms with Gasteiger partial charge in [0.05, 0.1) is 25.5 Å². The molecule has 1 aromatic heterocycles. The lowest BCUT2D eigenvalue weighted by molar-refractivity contribution is -0.00849. The maximum Gasteiger partial charge on any atom is 0.267 e. The fraction of sp³-hybridized carbons (Fsp3) is 0.368. The third kappa shape index (κ3) is 3.63. The Morgan fingerprint density at radius 2 is 2.23 bits per heavy atom. The van der Waals surface area contributed by atoms with Crippen molar-refractivity contribution in [2.75, 3.05) is 27.1 Å². The van der Waals surface area contributed by atoms with E-state index in [0.29, 0.717) is 31.9 Å². The Morgan fingerprint density at radius 3 is 2.96 bits per heavy atom. The number of hydrogen-bond donors (Lipinski definition) is 1. The summed E-state index contributed by atoms with van der Waals surface area (Å²) < 4.78 is 17.5. The van der Waals surface area contributed by atoms with E-state index in [4.69, 9.17) is 19.9 Å². The number of primary amides is 1. The van der Waals surface area contributed by atoms with Crippen LogP contribution in [0.3, 0.4) is 0 Å². The van der Waals surface area contributed by atoms with Gasteiger partial charge in [0.15, 0.2) is 6.79 Å². The highest BCUT2D eigenvalue weighted by atomic mass is 16.7. The molecule has 1 heterocycles. The first-order valence-corrected chi connectivity index (χ1v) is 8.48. The number of allylic oxidation sites excluding steroid dienone is 1. The van der Waals surface area contributed by atoms with Gasteiger partial charge in [0.2, 0.25) is 0 Å². The largest absolute Gasteiger partial charge is 0.468 e. The summed E-state index contributed by atoms with van der Waals surface area (Å²) in [5.74, 6) is 0.280. The number of carbonyl (C=O) groups excluding carboxylic acids is 1. The number of nitrogens with zero attached hydrogens (tertiary/aromatic N) is 2. The predicted octanol–water partition coefficient (Wildman–Crippen LogP) is 1.93. The van der Waals surface area contributed by atoms with Crippen molar-refractivity contribution in [3.8, 4) is 17.0 Å². The summed E-state index contributed by atoms with van der Waals surface area (Å²) in [7, 11) is 1.63. The minimum Gasteiger partial charge on any atom is -0.468 e. The van der Waals surface area contributed by atoms with Gasteiger partial charge in [-0.1, -0.05) is 6.08 Å². The molecular weight excluding hydrogens is 334 g/mol. The number of ether oxygens (including phenoxy) is 3. The van der Waals surface area contributed by atoms with Gasteiger partial charge in [0.25, 0.3) is 5.91 Å². The minimum absolute atomic E-state index is 0.174. The van der Waals surface area contributed by atoms with E-state index < -0.39 is 5.91 Å². The zero-order valence-electron chi connectivity index (χ0n) is 14.9. The fourth-order valence-electron chi connectivity index (χ4n) is 3.15. The van der Waals surface area contributed by atoms with Crippen LogP contribution in [0.4, 0.5) is 0 Å². The number of hydrogen-bond acceptors (Lipinski definition) is 5. The van der Waals surface area contributed by atoms with Crippen molar-refractivity contribution in [3.63, 3.8) is 0 Å². The highest BCUT2D eigenvalue weighted by Gasteiger charge is 2.27. The summed E-state index contributed by atoms with van der Waals surface area (Å²) in [6.45, 7) is 5.36. The van der Waals surface area contributed by atoms with Crippen LogP contribution in [0.25, 0.3) is 11.3 Å². The third-order valence-electron chi connectivity index (χ3n) is 4.30. The lowest BCUT2D eigenvalue weighted by atomic mass is 9.89. The van der Waals surface area contributed by atoms with Gasteiger partial charge in [-0.05, 0) is 36.6 Å². The molecule has 7 nitrogen and oxygen atoms in total. The van der Waals surface area contributed by atoms with Crippen LogP contribution in [-0.4, -0.2) is 42.8 Å². The maximum atomic E-state index is 11.9. The molecule has 0 bridgehead atoms. The number of aryl methyl sites for hydroxylation is 1. The zero-order chi connectivity index (χ0) is 18.5. The number of methoxy groups -OCH3 is 1. The van der Waals surface area contributed by atoms with Crippen molar-refractivity contribution in [1.82, 2.24) is 9.78 Å². The molecule has 1 amide bonds. The number of carbonyl (C=O) groups is 1.